The Kier molecular flexibility index (Phi) is 2.59. The Bertz CT molecular complexity index is 273. The zero-order valence-corrected chi connectivity index (χ0v) is 9.19. The van der Waals surface area contributed by atoms with E-state index in [4.69, 9.17) is 17.3 Å². The van der Waals surface area contributed by atoms with Crippen molar-refractivity contribution in [3.05, 3.63) is 20.0 Å². The molecular weight excluding hydrogens is 274 g/mol. The van der Waals surface area contributed by atoms with Gasteiger partial charge in [0.15, 0.2) is 0 Å². The fourth-order valence-electron chi connectivity index (χ4n) is 0.801. The molecular formula is C7H8ClIN2. The van der Waals surface area contributed by atoms with Crippen molar-refractivity contribution >= 4 is 39.9 Å². The van der Waals surface area contributed by atoms with E-state index in [1.165, 1.54) is 0 Å². The number of hydrogen-bond donors (Lipinski definition) is 1. The molecule has 0 aliphatic rings. The molecule has 1 heterocycles. The second-order valence-electron chi connectivity index (χ2n) is 2.34. The average Bonchev–Trinajstić information content (AvgIpc) is 1.97. The SMILES string of the molecule is Cc1nc(I)c(N)c(C)c1Cl. The van der Waals surface area contributed by atoms with Gasteiger partial charge in [0.25, 0.3) is 0 Å². The van der Waals surface area contributed by atoms with Crippen LogP contribution in [0.5, 0.6) is 0 Å². The van der Waals surface area contributed by atoms with Crippen molar-refractivity contribution in [3.8, 4) is 0 Å². The number of pyridine rings is 1. The lowest BCUT2D eigenvalue weighted by molar-refractivity contribution is 1.15. The zero-order valence-electron chi connectivity index (χ0n) is 6.28. The van der Waals surface area contributed by atoms with Crippen LogP contribution in [-0.4, -0.2) is 4.98 Å². The van der Waals surface area contributed by atoms with E-state index in [2.05, 4.69) is 27.6 Å². The molecule has 0 radical (unpaired) electrons. The predicted molar refractivity (Wildman–Crippen MR) is 55.9 cm³/mol. The first-order valence-electron chi connectivity index (χ1n) is 3.11. The van der Waals surface area contributed by atoms with E-state index in [0.29, 0.717) is 10.7 Å². The van der Waals surface area contributed by atoms with Gasteiger partial charge in [-0.05, 0) is 42.0 Å². The van der Waals surface area contributed by atoms with E-state index in [1.807, 2.05) is 13.8 Å². The molecule has 0 aromatic carbocycles. The van der Waals surface area contributed by atoms with Gasteiger partial charge in [-0.15, -0.1) is 0 Å². The maximum Gasteiger partial charge on any atom is 0.124 e. The van der Waals surface area contributed by atoms with E-state index in [-0.39, 0.29) is 0 Å². The van der Waals surface area contributed by atoms with Gasteiger partial charge in [0.1, 0.15) is 3.70 Å². The summed E-state index contributed by atoms with van der Waals surface area (Å²) in [5.41, 5.74) is 8.13. The first-order chi connectivity index (χ1) is 5.04. The van der Waals surface area contributed by atoms with E-state index in [1.54, 1.807) is 0 Å². The molecule has 0 aliphatic carbocycles. The van der Waals surface area contributed by atoms with Gasteiger partial charge < -0.3 is 5.73 Å². The lowest BCUT2D eigenvalue weighted by Gasteiger charge is -2.06. The molecule has 0 atom stereocenters. The van der Waals surface area contributed by atoms with Gasteiger partial charge in [-0.3, -0.25) is 0 Å². The van der Waals surface area contributed by atoms with Gasteiger partial charge >= 0.3 is 0 Å². The minimum Gasteiger partial charge on any atom is -0.396 e. The first kappa shape index (κ1) is 9.06. The van der Waals surface area contributed by atoms with Crippen molar-refractivity contribution in [3.63, 3.8) is 0 Å². The third-order valence-electron chi connectivity index (χ3n) is 1.54. The number of hydrogen-bond acceptors (Lipinski definition) is 2. The van der Waals surface area contributed by atoms with Crippen molar-refractivity contribution in [1.29, 1.82) is 0 Å². The minimum atomic E-state index is 0.669. The summed E-state index contributed by atoms with van der Waals surface area (Å²) in [5, 5.41) is 0.669. The zero-order chi connectivity index (χ0) is 8.59. The van der Waals surface area contributed by atoms with Gasteiger partial charge in [0, 0.05) is 0 Å². The predicted octanol–water partition coefficient (Wildman–Crippen LogP) is 2.54. The topological polar surface area (TPSA) is 38.9 Å². The Balaban J connectivity index is 3.46. The standard InChI is InChI=1S/C7H8ClIN2/c1-3-5(8)4(2)11-7(9)6(3)10/h10H2,1-2H3. The van der Waals surface area contributed by atoms with E-state index in [0.717, 1.165) is 15.0 Å². The number of anilines is 1. The third kappa shape index (κ3) is 1.59. The molecule has 60 valence electrons. The van der Waals surface area contributed by atoms with Crippen molar-refractivity contribution in [2.24, 2.45) is 0 Å². The summed E-state index contributed by atoms with van der Waals surface area (Å²) in [4.78, 5) is 4.16. The van der Waals surface area contributed by atoms with E-state index < -0.39 is 0 Å². The smallest absolute Gasteiger partial charge is 0.124 e. The summed E-state index contributed by atoms with van der Waals surface area (Å²) >= 11 is 8.01. The minimum absolute atomic E-state index is 0.669. The number of nitrogens with zero attached hydrogens (tertiary/aromatic N) is 1. The highest BCUT2D eigenvalue weighted by Gasteiger charge is 2.07. The molecule has 1 aromatic rings. The number of rotatable bonds is 0. The normalized spacial score (nSPS) is 10.2. The van der Waals surface area contributed by atoms with Gasteiger partial charge in [0.05, 0.1) is 16.4 Å². The van der Waals surface area contributed by atoms with Crippen molar-refractivity contribution < 1.29 is 0 Å². The summed E-state index contributed by atoms with van der Waals surface area (Å²) < 4.78 is 0.821. The molecule has 11 heavy (non-hydrogen) atoms. The second kappa shape index (κ2) is 3.15. The molecule has 4 heteroatoms. The number of halogens is 2. The van der Waals surface area contributed by atoms with Crippen LogP contribution in [0.4, 0.5) is 5.69 Å². The quantitative estimate of drug-likeness (QED) is 0.587. The molecule has 0 saturated carbocycles. The van der Waals surface area contributed by atoms with Crippen LogP contribution in [0.2, 0.25) is 5.02 Å². The Morgan fingerprint density at radius 1 is 1.45 bits per heavy atom. The highest BCUT2D eigenvalue weighted by Crippen LogP contribution is 2.26. The Hall–Kier alpha value is -0.0300. The van der Waals surface area contributed by atoms with Crippen LogP contribution in [0.3, 0.4) is 0 Å². The van der Waals surface area contributed by atoms with Gasteiger partial charge in [0.2, 0.25) is 0 Å². The van der Waals surface area contributed by atoms with Crippen LogP contribution in [0.15, 0.2) is 0 Å². The van der Waals surface area contributed by atoms with Crippen LogP contribution >= 0.6 is 34.2 Å². The van der Waals surface area contributed by atoms with E-state index in [9.17, 15) is 0 Å². The number of aromatic nitrogens is 1. The molecule has 0 saturated heterocycles. The summed E-state index contributed by atoms with van der Waals surface area (Å²) in [5.74, 6) is 0. The second-order valence-corrected chi connectivity index (χ2v) is 3.74. The molecule has 1 aromatic heterocycles. The maximum absolute atomic E-state index is 5.91. The van der Waals surface area contributed by atoms with Gasteiger partial charge in [-0.2, -0.15) is 0 Å². The molecule has 0 spiro atoms. The Morgan fingerprint density at radius 3 is 2.55 bits per heavy atom. The third-order valence-corrected chi connectivity index (χ3v) is 2.92. The van der Waals surface area contributed by atoms with Crippen molar-refractivity contribution in [2.75, 3.05) is 5.73 Å². The van der Waals surface area contributed by atoms with Gasteiger partial charge in [-0.25, -0.2) is 4.98 Å². The molecule has 2 N–H and O–H groups in total. The van der Waals surface area contributed by atoms with Crippen molar-refractivity contribution in [2.45, 2.75) is 13.8 Å². The summed E-state index contributed by atoms with van der Waals surface area (Å²) in [6, 6.07) is 0. The fourth-order valence-corrected chi connectivity index (χ4v) is 1.71. The van der Waals surface area contributed by atoms with Crippen molar-refractivity contribution in [1.82, 2.24) is 4.98 Å². The molecule has 2 nitrogen and oxygen atoms in total. The summed E-state index contributed by atoms with van der Waals surface area (Å²) in [6.45, 7) is 3.77. The molecule has 0 aliphatic heterocycles. The average molecular weight is 283 g/mol. The summed E-state index contributed by atoms with van der Waals surface area (Å²) in [7, 11) is 0. The lowest BCUT2D eigenvalue weighted by atomic mass is 10.2. The fraction of sp³-hybridized carbons (Fsp3) is 0.286. The van der Waals surface area contributed by atoms with Gasteiger partial charge in [-0.1, -0.05) is 11.6 Å². The Morgan fingerprint density at radius 2 is 2.00 bits per heavy atom. The summed E-state index contributed by atoms with van der Waals surface area (Å²) in [6.07, 6.45) is 0. The van der Waals surface area contributed by atoms with Crippen LogP contribution in [0, 0.1) is 17.5 Å². The van der Waals surface area contributed by atoms with Crippen LogP contribution in [0.1, 0.15) is 11.3 Å². The Labute approximate surface area is 84.3 Å². The molecule has 0 fully saturated rings. The van der Waals surface area contributed by atoms with Crippen LogP contribution in [0.25, 0.3) is 0 Å². The lowest BCUT2D eigenvalue weighted by Crippen LogP contribution is -1.99. The molecule has 0 bridgehead atoms. The molecule has 1 rings (SSSR count). The number of nitrogens with two attached hydrogens (primary N) is 1. The maximum atomic E-state index is 5.91. The number of nitrogen functional groups attached to an aromatic ring is 1. The van der Waals surface area contributed by atoms with Crippen LogP contribution in [-0.2, 0) is 0 Å². The molecule has 0 amide bonds. The highest BCUT2D eigenvalue weighted by molar-refractivity contribution is 14.1. The van der Waals surface area contributed by atoms with E-state index >= 15 is 0 Å². The molecule has 0 unspecified atom stereocenters. The monoisotopic (exact) mass is 282 g/mol. The number of aryl methyl sites for hydroxylation is 1. The first-order valence-corrected chi connectivity index (χ1v) is 4.57. The largest absolute Gasteiger partial charge is 0.396 e. The van der Waals surface area contributed by atoms with Crippen LogP contribution < -0.4 is 5.73 Å². The highest BCUT2D eigenvalue weighted by atomic mass is 127.